The van der Waals surface area contributed by atoms with E-state index in [1.165, 1.54) is 12.8 Å². The number of rotatable bonds is 7. The number of hydrogen-bond donors (Lipinski definition) is 2. The van der Waals surface area contributed by atoms with Gasteiger partial charge >= 0.3 is 6.03 Å². The number of aromatic nitrogens is 2. The van der Waals surface area contributed by atoms with Crippen molar-refractivity contribution >= 4 is 16.9 Å². The molecule has 7 heteroatoms. The summed E-state index contributed by atoms with van der Waals surface area (Å²) in [7, 11) is 0. The Morgan fingerprint density at radius 1 is 1.32 bits per heavy atom. The molecule has 2 aromatic rings. The number of amides is 2. The average molecular weight is 386 g/mol. The van der Waals surface area contributed by atoms with Gasteiger partial charge in [-0.05, 0) is 63.9 Å². The highest BCUT2D eigenvalue weighted by Gasteiger charge is 2.16. The van der Waals surface area contributed by atoms with E-state index in [0.29, 0.717) is 29.8 Å². The Kier molecular flexibility index (Phi) is 7.03. The van der Waals surface area contributed by atoms with Crippen molar-refractivity contribution in [1.82, 2.24) is 25.1 Å². The molecule has 1 fully saturated rings. The first-order chi connectivity index (χ1) is 13.6. The Morgan fingerprint density at radius 3 is 2.82 bits per heavy atom. The lowest BCUT2D eigenvalue weighted by Crippen LogP contribution is -2.41. The minimum atomic E-state index is -0.173. The van der Waals surface area contributed by atoms with Crippen molar-refractivity contribution in [2.24, 2.45) is 5.92 Å². The predicted molar refractivity (Wildman–Crippen MR) is 111 cm³/mol. The predicted octanol–water partition coefficient (Wildman–Crippen LogP) is 2.58. The summed E-state index contributed by atoms with van der Waals surface area (Å²) in [6.07, 6.45) is 3.49. The van der Waals surface area contributed by atoms with Crippen LogP contribution in [-0.4, -0.2) is 58.5 Å². The third kappa shape index (κ3) is 5.32. The van der Waals surface area contributed by atoms with Gasteiger partial charge in [0.2, 0.25) is 0 Å². The van der Waals surface area contributed by atoms with Crippen molar-refractivity contribution in [3.63, 3.8) is 0 Å². The normalized spacial score (nSPS) is 15.6. The van der Waals surface area contributed by atoms with E-state index in [2.05, 4.69) is 27.1 Å². The highest BCUT2D eigenvalue weighted by atomic mass is 16.2. The van der Waals surface area contributed by atoms with E-state index >= 15 is 0 Å². The van der Waals surface area contributed by atoms with E-state index in [1.807, 2.05) is 25.1 Å². The van der Waals surface area contributed by atoms with E-state index < -0.39 is 0 Å². The maximum atomic E-state index is 12.5. The lowest BCUT2D eigenvalue weighted by atomic mass is 9.99. The quantitative estimate of drug-likeness (QED) is 0.718. The van der Waals surface area contributed by atoms with Crippen molar-refractivity contribution in [3.8, 4) is 0 Å². The number of urea groups is 1. The second-order valence-corrected chi connectivity index (χ2v) is 7.65. The molecule has 28 heavy (non-hydrogen) atoms. The molecule has 3 rings (SSSR count). The monoisotopic (exact) mass is 385 g/mol. The number of para-hydroxylation sites is 1. The minimum Gasteiger partial charge on any atom is -0.338 e. The first kappa shape index (κ1) is 20.3. The summed E-state index contributed by atoms with van der Waals surface area (Å²) >= 11 is 0. The van der Waals surface area contributed by atoms with Gasteiger partial charge in [-0.15, -0.1) is 0 Å². The molecule has 1 aromatic heterocycles. The van der Waals surface area contributed by atoms with Crippen LogP contribution in [0.4, 0.5) is 4.79 Å². The molecule has 1 saturated heterocycles. The van der Waals surface area contributed by atoms with Crippen molar-refractivity contribution in [2.75, 3.05) is 32.7 Å². The molecule has 152 valence electrons. The summed E-state index contributed by atoms with van der Waals surface area (Å²) in [4.78, 5) is 36.1. The van der Waals surface area contributed by atoms with Crippen LogP contribution in [-0.2, 0) is 6.54 Å². The van der Waals surface area contributed by atoms with Crippen LogP contribution in [0, 0.1) is 5.92 Å². The molecule has 7 nitrogen and oxygen atoms in total. The van der Waals surface area contributed by atoms with Crippen molar-refractivity contribution < 1.29 is 4.79 Å². The van der Waals surface area contributed by atoms with Crippen LogP contribution in [0.5, 0.6) is 0 Å². The molecule has 1 aromatic carbocycles. The zero-order chi connectivity index (χ0) is 19.9. The molecule has 0 saturated carbocycles. The molecule has 2 N–H and O–H groups in total. The summed E-state index contributed by atoms with van der Waals surface area (Å²) in [6.45, 7) is 9.08. The number of carbonyl (C=O) groups excluding carboxylic acids is 1. The van der Waals surface area contributed by atoms with Crippen LogP contribution in [0.15, 0.2) is 29.1 Å². The molecule has 1 aliphatic heterocycles. The van der Waals surface area contributed by atoms with Crippen LogP contribution in [0.1, 0.15) is 38.9 Å². The van der Waals surface area contributed by atoms with Gasteiger partial charge < -0.3 is 20.1 Å². The number of nitrogens with one attached hydrogen (secondary N) is 2. The molecule has 1 aliphatic rings. The molecule has 0 spiro atoms. The Hall–Kier alpha value is -2.41. The molecule has 0 atom stereocenters. The van der Waals surface area contributed by atoms with Gasteiger partial charge in [0, 0.05) is 13.1 Å². The van der Waals surface area contributed by atoms with Crippen molar-refractivity contribution in [3.05, 3.63) is 40.4 Å². The van der Waals surface area contributed by atoms with Gasteiger partial charge in [-0.3, -0.25) is 4.79 Å². The molecular weight excluding hydrogens is 354 g/mol. The third-order valence-corrected chi connectivity index (χ3v) is 5.48. The molecule has 0 bridgehead atoms. The number of hydrogen-bond acceptors (Lipinski definition) is 4. The van der Waals surface area contributed by atoms with E-state index in [9.17, 15) is 9.59 Å². The number of H-pyrrole nitrogens is 1. The first-order valence-electron chi connectivity index (χ1n) is 10.3. The Bertz CT molecular complexity index is 842. The number of nitrogens with zero attached hydrogens (tertiary/aromatic N) is 3. The second kappa shape index (κ2) is 9.68. The Balaban J connectivity index is 1.49. The highest BCUT2D eigenvalue weighted by molar-refractivity contribution is 5.77. The second-order valence-electron chi connectivity index (χ2n) is 7.65. The standard InChI is InChI=1S/C21H31N5O2/c1-3-26(15-19-23-18-8-5-4-7-17(18)20(27)24-19)21(28)22-11-6-12-25-13-9-16(2)10-14-25/h4-5,7-8,16H,3,6,9-15H2,1-2H3,(H,22,28)(H,23,24,27). The van der Waals surface area contributed by atoms with Crippen molar-refractivity contribution in [1.29, 1.82) is 0 Å². The average Bonchev–Trinajstić information content (AvgIpc) is 2.70. The number of aromatic amines is 1. The molecule has 2 amide bonds. The summed E-state index contributed by atoms with van der Waals surface area (Å²) in [6, 6.07) is 7.11. The number of piperidine rings is 1. The van der Waals surface area contributed by atoms with Gasteiger partial charge in [0.15, 0.2) is 0 Å². The van der Waals surface area contributed by atoms with Crippen LogP contribution < -0.4 is 10.9 Å². The molecule has 0 unspecified atom stereocenters. The topological polar surface area (TPSA) is 81.3 Å². The molecule has 0 aliphatic carbocycles. The van der Waals surface area contributed by atoms with E-state index in [-0.39, 0.29) is 18.1 Å². The summed E-state index contributed by atoms with van der Waals surface area (Å²) in [5, 5.41) is 3.56. The molecule has 0 radical (unpaired) electrons. The SMILES string of the molecule is CCN(Cc1nc2ccccc2c(=O)[nH]1)C(=O)NCCCN1CCC(C)CC1. The third-order valence-electron chi connectivity index (χ3n) is 5.48. The van der Waals surface area contributed by atoms with Gasteiger partial charge in [0.05, 0.1) is 17.4 Å². The zero-order valence-corrected chi connectivity index (χ0v) is 16.9. The highest BCUT2D eigenvalue weighted by Crippen LogP contribution is 2.15. The summed E-state index contributed by atoms with van der Waals surface area (Å²) in [5.74, 6) is 1.34. The minimum absolute atomic E-state index is 0.120. The van der Waals surface area contributed by atoms with E-state index in [4.69, 9.17) is 0 Å². The van der Waals surface area contributed by atoms with Gasteiger partial charge in [0.25, 0.3) is 5.56 Å². The van der Waals surface area contributed by atoms with Crippen LogP contribution in [0.2, 0.25) is 0 Å². The number of benzene rings is 1. The fourth-order valence-electron chi connectivity index (χ4n) is 3.61. The fraction of sp³-hybridized carbons (Fsp3) is 0.571. The van der Waals surface area contributed by atoms with Gasteiger partial charge in [0.1, 0.15) is 5.82 Å². The first-order valence-corrected chi connectivity index (χ1v) is 10.3. The van der Waals surface area contributed by atoms with E-state index in [0.717, 1.165) is 32.0 Å². The summed E-state index contributed by atoms with van der Waals surface area (Å²) in [5.41, 5.74) is 0.474. The van der Waals surface area contributed by atoms with Crippen molar-refractivity contribution in [2.45, 2.75) is 39.7 Å². The zero-order valence-electron chi connectivity index (χ0n) is 16.9. The Morgan fingerprint density at radius 2 is 2.07 bits per heavy atom. The van der Waals surface area contributed by atoms with Crippen LogP contribution >= 0.6 is 0 Å². The van der Waals surface area contributed by atoms with Gasteiger partial charge in [-0.1, -0.05) is 19.1 Å². The van der Waals surface area contributed by atoms with Crippen LogP contribution in [0.3, 0.4) is 0 Å². The number of likely N-dealkylation sites (tertiary alicyclic amines) is 1. The molecule has 2 heterocycles. The Labute approximate surface area is 166 Å². The smallest absolute Gasteiger partial charge is 0.317 e. The molecular formula is C21H31N5O2. The van der Waals surface area contributed by atoms with E-state index in [1.54, 1.807) is 11.0 Å². The largest absolute Gasteiger partial charge is 0.338 e. The lowest BCUT2D eigenvalue weighted by Gasteiger charge is -2.30. The van der Waals surface area contributed by atoms with Gasteiger partial charge in [-0.2, -0.15) is 0 Å². The fourth-order valence-corrected chi connectivity index (χ4v) is 3.61. The van der Waals surface area contributed by atoms with Crippen LogP contribution in [0.25, 0.3) is 10.9 Å². The van der Waals surface area contributed by atoms with Gasteiger partial charge in [-0.25, -0.2) is 9.78 Å². The summed E-state index contributed by atoms with van der Waals surface area (Å²) < 4.78 is 0. The number of fused-ring (bicyclic) bond motifs is 1. The number of carbonyl (C=O) groups is 1. The lowest BCUT2D eigenvalue weighted by molar-refractivity contribution is 0.184. The maximum absolute atomic E-state index is 12.5. The maximum Gasteiger partial charge on any atom is 0.317 e.